The molecule has 1 aromatic rings. The molecule has 0 saturated heterocycles. The van der Waals surface area contributed by atoms with Crippen molar-refractivity contribution in [3.63, 3.8) is 0 Å². The molecule has 0 atom stereocenters. The summed E-state index contributed by atoms with van der Waals surface area (Å²) in [7, 11) is 0. The Balaban J connectivity index is 0.000000325. The molecule has 1 heterocycles. The topological polar surface area (TPSA) is 64.1 Å². The third kappa shape index (κ3) is 6.40. The maximum atomic E-state index is 10.4. The van der Waals surface area contributed by atoms with E-state index in [0.29, 0.717) is 10.9 Å². The second-order valence-electron chi connectivity index (χ2n) is 2.08. The van der Waals surface area contributed by atoms with Crippen LogP contribution in [0.2, 0.25) is 0 Å². The molecular weight excluding hydrogens is 320 g/mol. The molecule has 0 aliphatic carbocycles. The lowest BCUT2D eigenvalue weighted by atomic mass is 10.5. The lowest BCUT2D eigenvalue weighted by Gasteiger charge is -1.80. The summed E-state index contributed by atoms with van der Waals surface area (Å²) in [6.07, 6.45) is 0. The standard InChI is InChI=1S/C5H3Cl2NOS.C2Cl2O2/c6-1-4-8-3(2-10-4)5(7)9;3-1(5)2(4)6/h2H,1H2;. The molecule has 0 spiro atoms. The zero-order valence-corrected chi connectivity index (χ0v) is 11.2. The van der Waals surface area contributed by atoms with Gasteiger partial charge in [0.25, 0.3) is 5.24 Å². The maximum absolute atomic E-state index is 10.4. The molecule has 88 valence electrons. The third-order valence-corrected chi connectivity index (χ3v) is 2.92. The fourth-order valence-electron chi connectivity index (χ4n) is 0.463. The molecule has 0 aliphatic rings. The molecule has 4 nitrogen and oxygen atoms in total. The van der Waals surface area contributed by atoms with Crippen LogP contribution < -0.4 is 0 Å². The molecule has 1 aromatic heterocycles. The van der Waals surface area contributed by atoms with Crippen molar-refractivity contribution in [3.8, 4) is 0 Å². The first-order chi connectivity index (χ1) is 7.38. The van der Waals surface area contributed by atoms with Crippen molar-refractivity contribution in [2.45, 2.75) is 5.88 Å². The predicted molar refractivity (Wildman–Crippen MR) is 63.6 cm³/mol. The molecular formula is C7H3Cl4NO3S. The third-order valence-electron chi connectivity index (χ3n) is 1.02. The average molecular weight is 323 g/mol. The van der Waals surface area contributed by atoms with Gasteiger partial charge in [-0.15, -0.1) is 22.9 Å². The average Bonchev–Trinajstić information content (AvgIpc) is 2.66. The van der Waals surface area contributed by atoms with Gasteiger partial charge in [0.15, 0.2) is 0 Å². The van der Waals surface area contributed by atoms with Crippen molar-refractivity contribution in [3.05, 3.63) is 16.1 Å². The molecule has 0 amide bonds. The highest BCUT2D eigenvalue weighted by Gasteiger charge is 2.05. The van der Waals surface area contributed by atoms with Gasteiger partial charge < -0.3 is 0 Å². The van der Waals surface area contributed by atoms with Gasteiger partial charge in [0.05, 0.1) is 5.88 Å². The molecule has 0 aliphatic heterocycles. The van der Waals surface area contributed by atoms with Crippen LogP contribution in [-0.2, 0) is 15.5 Å². The number of carbonyl (C=O) groups excluding carboxylic acids is 3. The van der Waals surface area contributed by atoms with E-state index >= 15 is 0 Å². The first kappa shape index (κ1) is 15.8. The van der Waals surface area contributed by atoms with Crippen molar-refractivity contribution in [1.82, 2.24) is 4.98 Å². The molecule has 0 fully saturated rings. The van der Waals surface area contributed by atoms with E-state index in [1.807, 2.05) is 0 Å². The molecule has 0 aromatic carbocycles. The summed E-state index contributed by atoms with van der Waals surface area (Å²) >= 11 is 20.9. The van der Waals surface area contributed by atoms with Gasteiger partial charge in [-0.25, -0.2) is 4.98 Å². The van der Waals surface area contributed by atoms with E-state index in [1.54, 1.807) is 5.38 Å². The number of hydrogen-bond donors (Lipinski definition) is 0. The van der Waals surface area contributed by atoms with E-state index in [1.165, 1.54) is 11.3 Å². The minimum Gasteiger partial charge on any atom is -0.274 e. The van der Waals surface area contributed by atoms with Crippen molar-refractivity contribution in [2.24, 2.45) is 0 Å². The summed E-state index contributed by atoms with van der Waals surface area (Å²) in [5, 5.41) is -0.515. The molecule has 0 unspecified atom stereocenters. The Bertz CT molecular complexity index is 394. The lowest BCUT2D eigenvalue weighted by molar-refractivity contribution is -0.127. The summed E-state index contributed by atoms with van der Waals surface area (Å²) in [6.45, 7) is 0. The van der Waals surface area contributed by atoms with Crippen LogP contribution in [0, 0.1) is 0 Å². The molecule has 16 heavy (non-hydrogen) atoms. The van der Waals surface area contributed by atoms with Gasteiger partial charge >= 0.3 is 10.5 Å². The van der Waals surface area contributed by atoms with Crippen LogP contribution in [0.15, 0.2) is 5.38 Å². The van der Waals surface area contributed by atoms with Gasteiger partial charge in [-0.05, 0) is 34.8 Å². The largest absolute Gasteiger partial charge is 0.304 e. The van der Waals surface area contributed by atoms with Crippen LogP contribution in [-0.4, -0.2) is 20.7 Å². The highest BCUT2D eigenvalue weighted by Crippen LogP contribution is 2.13. The van der Waals surface area contributed by atoms with E-state index in [2.05, 4.69) is 28.2 Å². The van der Waals surface area contributed by atoms with Crippen LogP contribution in [0.1, 0.15) is 15.5 Å². The molecule has 1 rings (SSSR count). The van der Waals surface area contributed by atoms with Gasteiger partial charge in [-0.2, -0.15) is 0 Å². The fraction of sp³-hybridized carbons (Fsp3) is 0.143. The van der Waals surface area contributed by atoms with Crippen molar-refractivity contribution >= 4 is 73.5 Å². The van der Waals surface area contributed by atoms with E-state index in [4.69, 9.17) is 23.2 Å². The highest BCUT2D eigenvalue weighted by molar-refractivity contribution is 7.10. The monoisotopic (exact) mass is 321 g/mol. The number of nitrogens with zero attached hydrogens (tertiary/aromatic N) is 1. The Kier molecular flexibility index (Phi) is 7.87. The number of thiazole rings is 1. The zero-order valence-electron chi connectivity index (χ0n) is 7.38. The van der Waals surface area contributed by atoms with E-state index in [0.717, 1.165) is 0 Å². The summed E-state index contributed by atoms with van der Waals surface area (Å²) in [5.74, 6) is 0.328. The normalized spacial score (nSPS) is 9.00. The van der Waals surface area contributed by atoms with Gasteiger partial charge in [-0.3, -0.25) is 14.4 Å². The summed E-state index contributed by atoms with van der Waals surface area (Å²) in [5.41, 5.74) is 0.280. The SMILES string of the molecule is O=C(Cl)C(=O)Cl.O=C(Cl)c1csc(CCl)n1. The minimum absolute atomic E-state index is 0.280. The summed E-state index contributed by atoms with van der Waals surface area (Å²) < 4.78 is 0. The van der Waals surface area contributed by atoms with Crippen LogP contribution in [0.4, 0.5) is 0 Å². The summed E-state index contributed by atoms with van der Waals surface area (Å²) in [6, 6.07) is 0. The molecule has 0 saturated carbocycles. The first-order valence-corrected chi connectivity index (χ1v) is 6.02. The Hall–Kier alpha value is -0.200. The van der Waals surface area contributed by atoms with Crippen molar-refractivity contribution in [2.75, 3.05) is 0 Å². The maximum Gasteiger partial charge on any atom is 0.304 e. The zero-order chi connectivity index (χ0) is 12.7. The van der Waals surface area contributed by atoms with Crippen LogP contribution in [0.3, 0.4) is 0 Å². The Labute approximate surface area is 114 Å². The van der Waals surface area contributed by atoms with Gasteiger partial charge in [-0.1, -0.05) is 0 Å². The first-order valence-electron chi connectivity index (χ1n) is 3.48. The van der Waals surface area contributed by atoms with Crippen molar-refractivity contribution < 1.29 is 14.4 Å². The number of carbonyl (C=O) groups is 3. The smallest absolute Gasteiger partial charge is 0.274 e. The van der Waals surface area contributed by atoms with E-state index < -0.39 is 15.7 Å². The van der Waals surface area contributed by atoms with Gasteiger partial charge in [0.1, 0.15) is 10.7 Å². The highest BCUT2D eigenvalue weighted by atomic mass is 35.5. The van der Waals surface area contributed by atoms with Gasteiger partial charge in [0.2, 0.25) is 0 Å². The molecule has 0 bridgehead atoms. The Morgan fingerprint density at radius 2 is 1.69 bits per heavy atom. The second-order valence-corrected chi connectivity index (χ2v) is 4.32. The Morgan fingerprint density at radius 3 is 1.88 bits per heavy atom. The molecule has 0 N–H and O–H groups in total. The summed E-state index contributed by atoms with van der Waals surface area (Å²) in [4.78, 5) is 33.1. The molecule has 9 heteroatoms. The number of hydrogen-bond acceptors (Lipinski definition) is 5. The van der Waals surface area contributed by atoms with E-state index in [-0.39, 0.29) is 5.69 Å². The van der Waals surface area contributed by atoms with Crippen LogP contribution in [0.25, 0.3) is 0 Å². The van der Waals surface area contributed by atoms with Crippen LogP contribution >= 0.6 is 57.7 Å². The molecule has 0 radical (unpaired) electrons. The predicted octanol–water partition coefficient (Wildman–Crippen LogP) is 2.78. The second kappa shape index (κ2) is 7.97. The van der Waals surface area contributed by atoms with Gasteiger partial charge in [0, 0.05) is 5.38 Å². The number of alkyl halides is 1. The van der Waals surface area contributed by atoms with Crippen LogP contribution in [0.5, 0.6) is 0 Å². The van der Waals surface area contributed by atoms with Crippen molar-refractivity contribution in [1.29, 1.82) is 0 Å². The number of halogens is 4. The van der Waals surface area contributed by atoms with E-state index in [9.17, 15) is 14.4 Å². The number of rotatable bonds is 3. The minimum atomic E-state index is -1.14. The number of aromatic nitrogens is 1. The Morgan fingerprint density at radius 1 is 1.19 bits per heavy atom. The quantitative estimate of drug-likeness (QED) is 0.487. The lowest BCUT2D eigenvalue weighted by Crippen LogP contribution is -1.94. The fourth-order valence-corrected chi connectivity index (χ4v) is 1.49.